The average Bonchev–Trinajstić information content (AvgIpc) is 3.19. The van der Waals surface area contributed by atoms with Gasteiger partial charge in [-0.25, -0.2) is 12.8 Å². The van der Waals surface area contributed by atoms with E-state index in [1.54, 1.807) is 0 Å². The highest BCUT2D eigenvalue weighted by molar-refractivity contribution is 7.89. The lowest BCUT2D eigenvalue weighted by Crippen LogP contribution is -2.38. The largest absolute Gasteiger partial charge is 0.243 e. The van der Waals surface area contributed by atoms with Crippen LogP contribution in [0.15, 0.2) is 23.1 Å². The van der Waals surface area contributed by atoms with Crippen LogP contribution in [0.4, 0.5) is 4.39 Å². The third kappa shape index (κ3) is 3.32. The lowest BCUT2D eigenvalue weighted by molar-refractivity contribution is 0.341. The predicted molar refractivity (Wildman–Crippen MR) is 77.7 cm³/mol. The molecule has 0 aromatic heterocycles. The van der Waals surface area contributed by atoms with E-state index in [0.717, 1.165) is 12.8 Å². The average molecular weight is 320 g/mol. The summed E-state index contributed by atoms with van der Waals surface area (Å²) in [6.45, 7) is 4.24. The predicted octanol–water partition coefficient (Wildman–Crippen LogP) is 3.37. The molecule has 0 radical (unpaired) electrons. The Hall–Kier alpha value is -0.650. The van der Waals surface area contributed by atoms with Crippen LogP contribution in [0.25, 0.3) is 0 Å². The maximum absolute atomic E-state index is 13.4. The molecule has 0 amide bonds. The third-order valence-electron chi connectivity index (χ3n) is 3.48. The topological polar surface area (TPSA) is 37.4 Å². The minimum atomic E-state index is -3.60. The van der Waals surface area contributed by atoms with Crippen molar-refractivity contribution < 1.29 is 12.8 Å². The van der Waals surface area contributed by atoms with Gasteiger partial charge in [0, 0.05) is 18.2 Å². The molecule has 0 spiro atoms. The van der Waals surface area contributed by atoms with E-state index in [1.165, 1.54) is 22.5 Å². The summed E-state index contributed by atoms with van der Waals surface area (Å²) < 4.78 is 40.3. The summed E-state index contributed by atoms with van der Waals surface area (Å²) in [5.74, 6) is -0.0585. The van der Waals surface area contributed by atoms with Crippen molar-refractivity contribution in [2.45, 2.75) is 43.5 Å². The van der Waals surface area contributed by atoms with Gasteiger partial charge in [0.2, 0.25) is 10.0 Å². The lowest BCUT2D eigenvalue weighted by Gasteiger charge is -2.26. The Morgan fingerprint density at radius 3 is 2.55 bits per heavy atom. The van der Waals surface area contributed by atoms with Crippen LogP contribution in [0.2, 0.25) is 0 Å². The van der Waals surface area contributed by atoms with Crippen LogP contribution >= 0.6 is 11.6 Å². The van der Waals surface area contributed by atoms with E-state index in [-0.39, 0.29) is 22.4 Å². The summed E-state index contributed by atoms with van der Waals surface area (Å²) >= 11 is 5.64. The zero-order valence-corrected chi connectivity index (χ0v) is 13.2. The van der Waals surface area contributed by atoms with Crippen LogP contribution in [0.3, 0.4) is 0 Å². The van der Waals surface area contributed by atoms with Crippen molar-refractivity contribution in [2.75, 3.05) is 6.54 Å². The van der Waals surface area contributed by atoms with Crippen molar-refractivity contribution in [1.29, 1.82) is 0 Å². The van der Waals surface area contributed by atoms with Crippen LogP contribution in [0, 0.1) is 11.7 Å². The molecule has 0 saturated heterocycles. The van der Waals surface area contributed by atoms with Gasteiger partial charge in [0.1, 0.15) is 5.82 Å². The van der Waals surface area contributed by atoms with Crippen molar-refractivity contribution >= 4 is 21.6 Å². The van der Waals surface area contributed by atoms with Gasteiger partial charge in [0.15, 0.2) is 0 Å². The maximum atomic E-state index is 13.4. The molecule has 1 saturated carbocycles. The first-order chi connectivity index (χ1) is 9.36. The molecule has 20 heavy (non-hydrogen) atoms. The van der Waals surface area contributed by atoms with Crippen molar-refractivity contribution in [2.24, 2.45) is 5.92 Å². The molecule has 6 heteroatoms. The number of sulfonamides is 1. The smallest absolute Gasteiger partial charge is 0.207 e. The maximum Gasteiger partial charge on any atom is 0.243 e. The summed E-state index contributed by atoms with van der Waals surface area (Å²) in [7, 11) is -3.60. The van der Waals surface area contributed by atoms with E-state index in [0.29, 0.717) is 12.5 Å². The van der Waals surface area contributed by atoms with Crippen LogP contribution in [0.1, 0.15) is 32.3 Å². The minimum Gasteiger partial charge on any atom is -0.207 e. The van der Waals surface area contributed by atoms with Crippen molar-refractivity contribution in [3.05, 3.63) is 29.6 Å². The van der Waals surface area contributed by atoms with E-state index in [9.17, 15) is 12.8 Å². The fraction of sp³-hybridized carbons (Fsp3) is 0.571. The van der Waals surface area contributed by atoms with Crippen LogP contribution < -0.4 is 0 Å². The molecule has 0 N–H and O–H groups in total. The Balaban J connectivity index is 2.36. The van der Waals surface area contributed by atoms with E-state index < -0.39 is 15.8 Å². The number of nitrogens with zero attached hydrogens (tertiary/aromatic N) is 1. The number of hydrogen-bond acceptors (Lipinski definition) is 2. The molecule has 1 aromatic rings. The van der Waals surface area contributed by atoms with E-state index >= 15 is 0 Å². The van der Waals surface area contributed by atoms with Gasteiger partial charge in [-0.15, -0.1) is 11.6 Å². The Bertz CT molecular complexity index is 585. The molecule has 0 heterocycles. The molecule has 0 unspecified atom stereocenters. The molecule has 0 bridgehead atoms. The second-order valence-corrected chi connectivity index (χ2v) is 7.66. The van der Waals surface area contributed by atoms with Gasteiger partial charge in [-0.2, -0.15) is 4.31 Å². The molecule has 0 atom stereocenters. The summed E-state index contributed by atoms with van der Waals surface area (Å²) in [5.41, 5.74) is 0.211. The van der Waals surface area contributed by atoms with Crippen molar-refractivity contribution in [1.82, 2.24) is 4.31 Å². The van der Waals surface area contributed by atoms with Gasteiger partial charge in [-0.05, 0) is 50.8 Å². The highest BCUT2D eigenvalue weighted by atomic mass is 35.5. The van der Waals surface area contributed by atoms with Gasteiger partial charge >= 0.3 is 0 Å². The molecular weight excluding hydrogens is 301 g/mol. The monoisotopic (exact) mass is 319 g/mol. The van der Waals surface area contributed by atoms with Crippen LogP contribution in [-0.4, -0.2) is 25.3 Å². The third-order valence-corrected chi connectivity index (χ3v) is 5.80. The van der Waals surface area contributed by atoms with Gasteiger partial charge in [0.05, 0.1) is 10.8 Å². The normalized spacial score (nSPS) is 16.1. The first-order valence-electron chi connectivity index (χ1n) is 6.72. The molecular formula is C14H19ClFNO2S. The van der Waals surface area contributed by atoms with E-state index in [2.05, 4.69) is 0 Å². The number of hydrogen-bond donors (Lipinski definition) is 0. The van der Waals surface area contributed by atoms with Crippen molar-refractivity contribution in [3.8, 4) is 0 Å². The van der Waals surface area contributed by atoms with Gasteiger partial charge in [-0.3, -0.25) is 0 Å². The number of benzene rings is 1. The molecule has 1 fully saturated rings. The van der Waals surface area contributed by atoms with Gasteiger partial charge in [0.25, 0.3) is 0 Å². The zero-order chi connectivity index (χ0) is 14.9. The zero-order valence-electron chi connectivity index (χ0n) is 11.6. The van der Waals surface area contributed by atoms with Crippen molar-refractivity contribution in [3.63, 3.8) is 0 Å². The summed E-state index contributed by atoms with van der Waals surface area (Å²) in [4.78, 5) is 0.115. The second kappa shape index (κ2) is 6.00. The quantitative estimate of drug-likeness (QED) is 0.754. The first-order valence-corrected chi connectivity index (χ1v) is 8.70. The Labute approximate surface area is 124 Å². The Kier molecular flexibility index (Phi) is 4.72. The lowest BCUT2D eigenvalue weighted by atomic mass is 10.2. The van der Waals surface area contributed by atoms with Crippen LogP contribution in [0.5, 0.6) is 0 Å². The standard InChI is InChI=1S/C14H19ClFNO2S/c1-10(2)17(9-11-3-4-11)20(18,19)13-5-6-14(16)12(7-13)8-15/h5-7,10-11H,3-4,8-9H2,1-2H3. The first kappa shape index (κ1) is 15.7. The Morgan fingerprint density at radius 2 is 2.05 bits per heavy atom. The summed E-state index contributed by atoms with van der Waals surface area (Å²) in [6, 6.07) is 3.69. The van der Waals surface area contributed by atoms with E-state index in [4.69, 9.17) is 11.6 Å². The van der Waals surface area contributed by atoms with Crippen LogP contribution in [-0.2, 0) is 15.9 Å². The molecule has 3 nitrogen and oxygen atoms in total. The minimum absolute atomic E-state index is 0.0422. The second-order valence-electron chi connectivity index (χ2n) is 5.50. The molecule has 1 aliphatic rings. The fourth-order valence-electron chi connectivity index (χ4n) is 2.09. The molecule has 112 valence electrons. The van der Waals surface area contributed by atoms with Gasteiger partial charge < -0.3 is 0 Å². The molecule has 0 aliphatic heterocycles. The highest BCUT2D eigenvalue weighted by Crippen LogP contribution is 2.32. The van der Waals surface area contributed by atoms with E-state index in [1.807, 2.05) is 13.8 Å². The highest BCUT2D eigenvalue weighted by Gasteiger charge is 2.33. The Morgan fingerprint density at radius 1 is 1.40 bits per heavy atom. The number of alkyl halides is 1. The number of rotatable bonds is 6. The SMILES string of the molecule is CC(C)N(CC1CC1)S(=O)(=O)c1ccc(F)c(CCl)c1. The fourth-order valence-corrected chi connectivity index (χ4v) is 4.06. The van der Waals surface area contributed by atoms with Gasteiger partial charge in [-0.1, -0.05) is 0 Å². The summed E-state index contributed by atoms with van der Waals surface area (Å²) in [5, 5.41) is 0. The molecule has 2 rings (SSSR count). The molecule has 1 aromatic carbocycles. The summed E-state index contributed by atoms with van der Waals surface area (Å²) in [6.07, 6.45) is 2.16. The number of halogens is 2. The molecule has 1 aliphatic carbocycles.